The van der Waals surface area contributed by atoms with Crippen molar-refractivity contribution < 1.29 is 4.42 Å². The number of hydrogen-bond donors (Lipinski definition) is 2. The van der Waals surface area contributed by atoms with E-state index in [2.05, 4.69) is 36.4 Å². The van der Waals surface area contributed by atoms with E-state index in [1.54, 1.807) is 6.26 Å². The number of guanidine groups is 1. The summed E-state index contributed by atoms with van der Waals surface area (Å²) in [5, 5.41) is 7.03. The van der Waals surface area contributed by atoms with E-state index in [-0.39, 0.29) is 5.54 Å². The fraction of sp³-hybridized carbons (Fsp3) is 0.688. The number of aliphatic imine (C=N–C) groups is 1. The second kappa shape index (κ2) is 6.82. The Morgan fingerprint density at radius 2 is 2.10 bits per heavy atom. The highest BCUT2D eigenvalue weighted by Crippen LogP contribution is 2.17. The minimum absolute atomic E-state index is 0.0229. The Morgan fingerprint density at radius 1 is 1.35 bits per heavy atom. The molecule has 1 saturated carbocycles. The summed E-state index contributed by atoms with van der Waals surface area (Å²) in [6, 6.07) is 4.49. The Morgan fingerprint density at radius 3 is 2.70 bits per heavy atom. The molecular weight excluding hydrogens is 250 g/mol. The largest absolute Gasteiger partial charge is 0.469 e. The van der Waals surface area contributed by atoms with Crippen LogP contribution in [0.15, 0.2) is 27.8 Å². The first-order chi connectivity index (χ1) is 9.53. The van der Waals surface area contributed by atoms with E-state index >= 15 is 0 Å². The van der Waals surface area contributed by atoms with Crippen molar-refractivity contribution >= 4 is 5.96 Å². The molecule has 0 saturated heterocycles. The molecule has 0 aliphatic heterocycles. The van der Waals surface area contributed by atoms with Crippen LogP contribution in [0.1, 0.15) is 52.2 Å². The average Bonchev–Trinajstić information content (AvgIpc) is 2.99. The maximum Gasteiger partial charge on any atom is 0.191 e. The monoisotopic (exact) mass is 277 g/mol. The van der Waals surface area contributed by atoms with Gasteiger partial charge in [-0.05, 0) is 45.7 Å². The van der Waals surface area contributed by atoms with Gasteiger partial charge in [-0.1, -0.05) is 12.8 Å². The molecule has 4 heteroatoms. The van der Waals surface area contributed by atoms with E-state index < -0.39 is 0 Å². The van der Waals surface area contributed by atoms with E-state index in [4.69, 9.17) is 4.42 Å². The molecule has 112 valence electrons. The van der Waals surface area contributed by atoms with Crippen LogP contribution < -0.4 is 10.6 Å². The molecule has 0 radical (unpaired) electrons. The first-order valence-corrected chi connectivity index (χ1v) is 7.64. The van der Waals surface area contributed by atoms with Crippen LogP contribution in [0.5, 0.6) is 0 Å². The van der Waals surface area contributed by atoms with Gasteiger partial charge < -0.3 is 15.1 Å². The minimum atomic E-state index is 0.0229. The number of nitrogens with zero attached hydrogens (tertiary/aromatic N) is 1. The van der Waals surface area contributed by atoms with Gasteiger partial charge in [-0.3, -0.25) is 4.99 Å². The summed E-state index contributed by atoms with van der Waals surface area (Å²) in [4.78, 5) is 4.68. The molecule has 1 aliphatic carbocycles. The van der Waals surface area contributed by atoms with Crippen molar-refractivity contribution in [2.45, 2.75) is 64.5 Å². The second-order valence-electron chi connectivity index (χ2n) is 6.56. The maximum atomic E-state index is 5.34. The molecule has 2 rings (SSSR count). The van der Waals surface area contributed by atoms with Crippen LogP contribution in [0.25, 0.3) is 0 Å². The van der Waals surface area contributed by atoms with Crippen LogP contribution in [0, 0.1) is 0 Å². The van der Waals surface area contributed by atoms with Gasteiger partial charge >= 0.3 is 0 Å². The summed E-state index contributed by atoms with van der Waals surface area (Å²) in [6.07, 6.45) is 7.71. The Balaban J connectivity index is 1.89. The molecule has 0 bridgehead atoms. The van der Waals surface area contributed by atoms with E-state index in [1.165, 1.54) is 25.7 Å². The Labute approximate surface area is 122 Å². The van der Waals surface area contributed by atoms with Crippen LogP contribution in [0.2, 0.25) is 0 Å². The minimum Gasteiger partial charge on any atom is -0.469 e. The zero-order valence-electron chi connectivity index (χ0n) is 12.9. The van der Waals surface area contributed by atoms with E-state index in [0.29, 0.717) is 6.04 Å². The van der Waals surface area contributed by atoms with Crippen LogP contribution in [0.3, 0.4) is 0 Å². The summed E-state index contributed by atoms with van der Waals surface area (Å²) < 4.78 is 5.34. The molecular formula is C16H27N3O. The van der Waals surface area contributed by atoms with Gasteiger partial charge in [0.15, 0.2) is 5.96 Å². The zero-order valence-corrected chi connectivity index (χ0v) is 12.9. The topological polar surface area (TPSA) is 49.6 Å². The van der Waals surface area contributed by atoms with Crippen molar-refractivity contribution in [1.82, 2.24) is 10.6 Å². The van der Waals surface area contributed by atoms with Gasteiger partial charge in [0.25, 0.3) is 0 Å². The molecule has 0 aromatic carbocycles. The Kier molecular flexibility index (Phi) is 5.10. The standard InChI is InChI=1S/C16H27N3O/c1-16(2,3)19-15(18-13-7-4-5-8-13)17-11-10-14-9-6-12-20-14/h6,9,12-13H,4-5,7-8,10-11H2,1-3H3,(H2,17,18,19). The average molecular weight is 277 g/mol. The number of hydrogen-bond acceptors (Lipinski definition) is 2. The molecule has 1 aromatic heterocycles. The zero-order chi connectivity index (χ0) is 14.4. The highest BCUT2D eigenvalue weighted by molar-refractivity contribution is 5.80. The molecule has 1 heterocycles. The third-order valence-corrected chi connectivity index (χ3v) is 3.40. The van der Waals surface area contributed by atoms with Crippen LogP contribution in [0.4, 0.5) is 0 Å². The third-order valence-electron chi connectivity index (χ3n) is 3.40. The summed E-state index contributed by atoms with van der Waals surface area (Å²) in [6.45, 7) is 7.22. The molecule has 1 aliphatic rings. The van der Waals surface area contributed by atoms with Crippen molar-refractivity contribution in [1.29, 1.82) is 0 Å². The molecule has 0 amide bonds. The molecule has 0 unspecified atom stereocenters. The Hall–Kier alpha value is -1.45. The lowest BCUT2D eigenvalue weighted by Gasteiger charge is -2.26. The molecule has 0 spiro atoms. The summed E-state index contributed by atoms with van der Waals surface area (Å²) in [5.74, 6) is 1.92. The van der Waals surface area contributed by atoms with Gasteiger partial charge in [0, 0.05) is 24.5 Å². The molecule has 0 atom stereocenters. The summed E-state index contributed by atoms with van der Waals surface area (Å²) >= 11 is 0. The highest BCUT2D eigenvalue weighted by atomic mass is 16.3. The van der Waals surface area contributed by atoms with Gasteiger partial charge in [-0.15, -0.1) is 0 Å². The smallest absolute Gasteiger partial charge is 0.191 e. The SMILES string of the molecule is CC(C)(C)NC(=NCCc1ccco1)NC1CCCC1. The van der Waals surface area contributed by atoms with Crippen molar-refractivity contribution in [3.8, 4) is 0 Å². The quantitative estimate of drug-likeness (QED) is 0.657. The number of nitrogens with one attached hydrogen (secondary N) is 2. The lowest BCUT2D eigenvalue weighted by Crippen LogP contribution is -2.50. The molecule has 1 fully saturated rings. The van der Waals surface area contributed by atoms with Crippen LogP contribution in [-0.2, 0) is 6.42 Å². The third kappa shape index (κ3) is 5.27. The maximum absolute atomic E-state index is 5.34. The van der Waals surface area contributed by atoms with Crippen molar-refractivity contribution in [2.75, 3.05) is 6.54 Å². The van der Waals surface area contributed by atoms with E-state index in [9.17, 15) is 0 Å². The highest BCUT2D eigenvalue weighted by Gasteiger charge is 2.18. The van der Waals surface area contributed by atoms with Crippen LogP contribution >= 0.6 is 0 Å². The number of furan rings is 1. The number of rotatable bonds is 4. The van der Waals surface area contributed by atoms with Gasteiger partial charge in [0.05, 0.1) is 6.26 Å². The Bertz CT molecular complexity index is 411. The van der Waals surface area contributed by atoms with Gasteiger partial charge in [-0.25, -0.2) is 0 Å². The predicted molar refractivity (Wildman–Crippen MR) is 83.0 cm³/mol. The lowest BCUT2D eigenvalue weighted by molar-refractivity contribution is 0.488. The lowest BCUT2D eigenvalue weighted by atomic mass is 10.1. The van der Waals surface area contributed by atoms with Crippen molar-refractivity contribution in [3.05, 3.63) is 24.2 Å². The normalized spacial score (nSPS) is 17.4. The molecule has 1 aromatic rings. The fourth-order valence-corrected chi connectivity index (χ4v) is 2.47. The first kappa shape index (κ1) is 14.9. The second-order valence-corrected chi connectivity index (χ2v) is 6.56. The van der Waals surface area contributed by atoms with Gasteiger partial charge in [0.2, 0.25) is 0 Å². The molecule has 4 nitrogen and oxygen atoms in total. The fourth-order valence-electron chi connectivity index (χ4n) is 2.47. The van der Waals surface area contributed by atoms with Crippen LogP contribution in [-0.4, -0.2) is 24.1 Å². The summed E-state index contributed by atoms with van der Waals surface area (Å²) in [7, 11) is 0. The van der Waals surface area contributed by atoms with Gasteiger partial charge in [-0.2, -0.15) is 0 Å². The molecule has 20 heavy (non-hydrogen) atoms. The molecule has 2 N–H and O–H groups in total. The predicted octanol–water partition coefficient (Wildman–Crippen LogP) is 3.10. The van der Waals surface area contributed by atoms with E-state index in [1.807, 2.05) is 12.1 Å². The van der Waals surface area contributed by atoms with Crippen molar-refractivity contribution in [3.63, 3.8) is 0 Å². The van der Waals surface area contributed by atoms with E-state index in [0.717, 1.165) is 24.7 Å². The summed E-state index contributed by atoms with van der Waals surface area (Å²) in [5.41, 5.74) is 0.0229. The van der Waals surface area contributed by atoms with Gasteiger partial charge in [0.1, 0.15) is 5.76 Å². The first-order valence-electron chi connectivity index (χ1n) is 7.64. The van der Waals surface area contributed by atoms with Crippen molar-refractivity contribution in [2.24, 2.45) is 4.99 Å².